The number of nitrogens with zero attached hydrogens (tertiary/aromatic N) is 2. The van der Waals surface area contributed by atoms with Crippen LogP contribution in [0.25, 0.3) is 44.1 Å². The van der Waals surface area contributed by atoms with Gasteiger partial charge >= 0.3 is 0 Å². The van der Waals surface area contributed by atoms with Crippen LogP contribution < -0.4 is 0 Å². The standard InChI is InChI=1S/C31H18N2/c1-4-14-24-19(9-1)20-10-2-5-15-25(20)31(24)26-16-6-3-11-21(26)27-22-12-7-17-32-29(22)30-23(28(27)31)13-8-18-33-30/h1-18H. The fourth-order valence-electron chi connectivity index (χ4n) is 6.49. The predicted molar refractivity (Wildman–Crippen MR) is 133 cm³/mol. The molecule has 0 amide bonds. The van der Waals surface area contributed by atoms with Crippen LogP contribution in [0, 0.1) is 0 Å². The summed E-state index contributed by atoms with van der Waals surface area (Å²) in [6, 6.07) is 35.3. The van der Waals surface area contributed by atoms with Crippen LogP contribution in [0.15, 0.2) is 109 Å². The molecule has 2 aliphatic carbocycles. The molecule has 2 heterocycles. The van der Waals surface area contributed by atoms with Crippen molar-refractivity contribution in [2.75, 3.05) is 0 Å². The van der Waals surface area contributed by atoms with E-state index in [2.05, 4.69) is 91.0 Å². The van der Waals surface area contributed by atoms with E-state index in [-0.39, 0.29) is 5.41 Å². The van der Waals surface area contributed by atoms with E-state index >= 15 is 0 Å². The molecule has 6 aromatic rings. The van der Waals surface area contributed by atoms with E-state index < -0.39 is 0 Å². The molecule has 8 rings (SSSR count). The molecular formula is C31H18N2. The Morgan fingerprint density at radius 2 is 0.939 bits per heavy atom. The minimum atomic E-state index is -0.371. The number of hydrogen-bond donors (Lipinski definition) is 0. The zero-order valence-electron chi connectivity index (χ0n) is 17.8. The van der Waals surface area contributed by atoms with Crippen molar-refractivity contribution in [1.29, 1.82) is 0 Å². The molecule has 33 heavy (non-hydrogen) atoms. The van der Waals surface area contributed by atoms with Crippen molar-refractivity contribution in [3.05, 3.63) is 132 Å². The summed E-state index contributed by atoms with van der Waals surface area (Å²) in [5.41, 5.74) is 12.2. The number of aromatic nitrogens is 2. The van der Waals surface area contributed by atoms with Crippen molar-refractivity contribution < 1.29 is 0 Å². The molecule has 0 N–H and O–H groups in total. The molecule has 2 aromatic heterocycles. The van der Waals surface area contributed by atoms with Crippen molar-refractivity contribution in [2.24, 2.45) is 0 Å². The quantitative estimate of drug-likeness (QED) is 0.245. The molecule has 0 saturated carbocycles. The van der Waals surface area contributed by atoms with Gasteiger partial charge in [-0.15, -0.1) is 0 Å². The topological polar surface area (TPSA) is 25.8 Å². The summed E-state index contributed by atoms with van der Waals surface area (Å²) in [6.07, 6.45) is 3.76. The van der Waals surface area contributed by atoms with Crippen molar-refractivity contribution in [3.63, 3.8) is 0 Å². The SMILES string of the molecule is c1ccc2c(c1)-c1ccccc1C21c2ccccc2-c2c1c1cccnc1c1ncccc21. The second-order valence-electron chi connectivity index (χ2n) is 8.94. The second-order valence-corrected chi connectivity index (χ2v) is 8.94. The molecule has 152 valence electrons. The zero-order valence-corrected chi connectivity index (χ0v) is 17.8. The Morgan fingerprint density at radius 1 is 0.455 bits per heavy atom. The first-order chi connectivity index (χ1) is 16.4. The van der Waals surface area contributed by atoms with E-state index in [1.54, 1.807) is 0 Å². The van der Waals surface area contributed by atoms with Gasteiger partial charge in [-0.3, -0.25) is 9.97 Å². The van der Waals surface area contributed by atoms with E-state index in [9.17, 15) is 0 Å². The first kappa shape index (κ1) is 17.3. The van der Waals surface area contributed by atoms with Gasteiger partial charge in [0.25, 0.3) is 0 Å². The number of rotatable bonds is 0. The Bertz CT molecular complexity index is 1730. The van der Waals surface area contributed by atoms with Crippen LogP contribution in [-0.4, -0.2) is 9.97 Å². The van der Waals surface area contributed by atoms with Crippen LogP contribution in [0.2, 0.25) is 0 Å². The van der Waals surface area contributed by atoms with E-state index in [4.69, 9.17) is 9.97 Å². The Morgan fingerprint density at radius 3 is 1.58 bits per heavy atom. The van der Waals surface area contributed by atoms with Gasteiger partial charge in [0.05, 0.1) is 16.4 Å². The molecule has 0 aliphatic heterocycles. The molecule has 0 unspecified atom stereocenters. The highest BCUT2D eigenvalue weighted by Gasteiger charge is 2.52. The molecule has 0 bridgehead atoms. The minimum Gasteiger partial charge on any atom is -0.254 e. The summed E-state index contributed by atoms with van der Waals surface area (Å²) < 4.78 is 0. The third-order valence-electron chi connectivity index (χ3n) is 7.56. The average molecular weight is 418 g/mol. The lowest BCUT2D eigenvalue weighted by Gasteiger charge is -2.31. The van der Waals surface area contributed by atoms with Gasteiger partial charge in [0.1, 0.15) is 0 Å². The summed E-state index contributed by atoms with van der Waals surface area (Å²) in [4.78, 5) is 9.65. The summed E-state index contributed by atoms with van der Waals surface area (Å²) in [5, 5.41) is 2.35. The van der Waals surface area contributed by atoms with Gasteiger partial charge in [0.2, 0.25) is 0 Å². The average Bonchev–Trinajstić information content (AvgIpc) is 3.37. The summed E-state index contributed by atoms with van der Waals surface area (Å²) >= 11 is 0. The molecule has 2 nitrogen and oxygen atoms in total. The van der Waals surface area contributed by atoms with Gasteiger partial charge in [-0.25, -0.2) is 0 Å². The Kier molecular flexibility index (Phi) is 3.11. The molecule has 0 saturated heterocycles. The van der Waals surface area contributed by atoms with Crippen LogP contribution in [0.5, 0.6) is 0 Å². The maximum absolute atomic E-state index is 4.85. The van der Waals surface area contributed by atoms with Crippen LogP contribution in [0.3, 0.4) is 0 Å². The lowest BCUT2D eigenvalue weighted by Crippen LogP contribution is -2.26. The number of fused-ring (bicyclic) bond motifs is 15. The van der Waals surface area contributed by atoms with Crippen molar-refractivity contribution in [1.82, 2.24) is 9.97 Å². The van der Waals surface area contributed by atoms with E-state index in [0.29, 0.717) is 0 Å². The van der Waals surface area contributed by atoms with Crippen LogP contribution in [0.4, 0.5) is 0 Å². The van der Waals surface area contributed by atoms with Gasteiger partial charge in [0.15, 0.2) is 0 Å². The highest BCUT2D eigenvalue weighted by atomic mass is 14.7. The summed E-state index contributed by atoms with van der Waals surface area (Å²) in [6.45, 7) is 0. The molecule has 2 aliphatic rings. The van der Waals surface area contributed by atoms with Crippen LogP contribution in [0.1, 0.15) is 22.3 Å². The largest absolute Gasteiger partial charge is 0.254 e. The van der Waals surface area contributed by atoms with Crippen molar-refractivity contribution in [3.8, 4) is 22.3 Å². The molecule has 2 heteroatoms. The smallest absolute Gasteiger partial charge is 0.0970 e. The van der Waals surface area contributed by atoms with Gasteiger partial charge in [-0.05, 0) is 56.6 Å². The van der Waals surface area contributed by atoms with Crippen molar-refractivity contribution >= 4 is 21.8 Å². The highest BCUT2D eigenvalue weighted by Crippen LogP contribution is 2.64. The number of pyridine rings is 2. The second kappa shape index (κ2) is 5.93. The third-order valence-corrected chi connectivity index (χ3v) is 7.56. The Balaban J connectivity index is 1.72. The Labute approximate surface area is 191 Å². The molecule has 1 spiro atoms. The maximum atomic E-state index is 4.85. The molecule has 0 radical (unpaired) electrons. The lowest BCUT2D eigenvalue weighted by atomic mass is 9.69. The number of hydrogen-bond acceptors (Lipinski definition) is 2. The van der Waals surface area contributed by atoms with E-state index in [1.807, 2.05) is 18.5 Å². The minimum absolute atomic E-state index is 0.371. The van der Waals surface area contributed by atoms with E-state index in [0.717, 1.165) is 11.0 Å². The fourth-order valence-corrected chi connectivity index (χ4v) is 6.49. The van der Waals surface area contributed by atoms with Crippen LogP contribution in [-0.2, 0) is 5.41 Å². The van der Waals surface area contributed by atoms with Gasteiger partial charge in [0, 0.05) is 23.2 Å². The molecule has 0 fully saturated rings. The molecule has 4 aromatic carbocycles. The van der Waals surface area contributed by atoms with Gasteiger partial charge in [-0.2, -0.15) is 0 Å². The summed E-state index contributed by atoms with van der Waals surface area (Å²) in [7, 11) is 0. The Hall–Kier alpha value is -4.30. The highest BCUT2D eigenvalue weighted by molar-refractivity contribution is 6.17. The van der Waals surface area contributed by atoms with E-state index in [1.165, 1.54) is 55.3 Å². The molecular weight excluding hydrogens is 400 g/mol. The van der Waals surface area contributed by atoms with Gasteiger partial charge in [-0.1, -0.05) is 84.9 Å². The first-order valence-corrected chi connectivity index (χ1v) is 11.4. The normalized spacial score (nSPS) is 14.3. The first-order valence-electron chi connectivity index (χ1n) is 11.4. The zero-order chi connectivity index (χ0) is 21.6. The number of benzene rings is 4. The third kappa shape index (κ3) is 1.88. The summed E-state index contributed by atoms with van der Waals surface area (Å²) in [5.74, 6) is 0. The van der Waals surface area contributed by atoms with Crippen LogP contribution >= 0.6 is 0 Å². The fraction of sp³-hybridized carbons (Fsp3) is 0.0323. The van der Waals surface area contributed by atoms with Gasteiger partial charge < -0.3 is 0 Å². The monoisotopic (exact) mass is 418 g/mol. The molecule has 0 atom stereocenters. The lowest BCUT2D eigenvalue weighted by molar-refractivity contribution is 0.801. The van der Waals surface area contributed by atoms with Crippen molar-refractivity contribution in [2.45, 2.75) is 5.41 Å². The maximum Gasteiger partial charge on any atom is 0.0970 e. The predicted octanol–water partition coefficient (Wildman–Crippen LogP) is 7.13.